The molecule has 1 heterocycles. The fourth-order valence-corrected chi connectivity index (χ4v) is 2.99. The number of nitrogens with zero attached hydrogens (tertiary/aromatic N) is 2. The van der Waals surface area contributed by atoms with Gasteiger partial charge in [0.15, 0.2) is 0 Å². The van der Waals surface area contributed by atoms with Gasteiger partial charge in [-0.3, -0.25) is 19.7 Å². The van der Waals surface area contributed by atoms with E-state index < -0.39 is 10.8 Å². The van der Waals surface area contributed by atoms with Gasteiger partial charge in [0.2, 0.25) is 5.91 Å². The molecule has 2 aromatic carbocycles. The fourth-order valence-electron chi connectivity index (χ4n) is 2.99. The number of carbonyl (C=O) groups excluding carboxylic acids is 2. The van der Waals surface area contributed by atoms with Crippen molar-refractivity contribution >= 4 is 28.9 Å². The summed E-state index contributed by atoms with van der Waals surface area (Å²) < 4.78 is 5.04. The van der Waals surface area contributed by atoms with Crippen LogP contribution in [-0.4, -0.2) is 30.4 Å². The van der Waals surface area contributed by atoms with Crippen molar-refractivity contribution in [3.05, 3.63) is 58.1 Å². The Bertz CT molecular complexity index is 879. The number of anilines is 2. The number of rotatable bonds is 5. The third-order valence-corrected chi connectivity index (χ3v) is 4.41. The number of benzene rings is 2. The lowest BCUT2D eigenvalue weighted by molar-refractivity contribution is -0.385. The average Bonchev–Trinajstić information content (AvgIpc) is 2.68. The molecule has 1 N–H and O–H groups in total. The molecule has 1 fully saturated rings. The highest BCUT2D eigenvalue weighted by atomic mass is 16.6. The summed E-state index contributed by atoms with van der Waals surface area (Å²) in [4.78, 5) is 36.8. The highest BCUT2D eigenvalue weighted by molar-refractivity contribution is 6.07. The first-order valence-corrected chi connectivity index (χ1v) is 8.54. The molecule has 1 saturated heterocycles. The summed E-state index contributed by atoms with van der Waals surface area (Å²) in [6.07, 6.45) is 2.41. The first-order chi connectivity index (χ1) is 13.0. The molecule has 27 heavy (non-hydrogen) atoms. The molecule has 0 radical (unpaired) electrons. The van der Waals surface area contributed by atoms with Crippen LogP contribution in [0.2, 0.25) is 0 Å². The quantitative estimate of drug-likeness (QED) is 0.643. The van der Waals surface area contributed by atoms with Crippen molar-refractivity contribution in [1.29, 1.82) is 0 Å². The van der Waals surface area contributed by atoms with Gasteiger partial charge in [-0.25, -0.2) is 0 Å². The Morgan fingerprint density at radius 3 is 2.56 bits per heavy atom. The number of nitrogens with one attached hydrogen (secondary N) is 1. The predicted molar refractivity (Wildman–Crippen MR) is 100 cm³/mol. The van der Waals surface area contributed by atoms with Gasteiger partial charge in [0.05, 0.1) is 12.0 Å². The Morgan fingerprint density at radius 2 is 1.93 bits per heavy atom. The number of methoxy groups -OCH3 is 1. The molecule has 3 rings (SSSR count). The molecule has 0 saturated carbocycles. The number of ether oxygens (including phenoxy) is 1. The van der Waals surface area contributed by atoms with Crippen LogP contribution in [0.5, 0.6) is 5.75 Å². The zero-order valence-electron chi connectivity index (χ0n) is 14.8. The number of amides is 2. The van der Waals surface area contributed by atoms with Gasteiger partial charge in [-0.2, -0.15) is 0 Å². The summed E-state index contributed by atoms with van der Waals surface area (Å²) in [5.41, 5.74) is 0.855. The Hall–Kier alpha value is -3.42. The summed E-state index contributed by atoms with van der Waals surface area (Å²) in [5.74, 6) is -0.169. The van der Waals surface area contributed by atoms with E-state index in [9.17, 15) is 19.7 Å². The summed E-state index contributed by atoms with van der Waals surface area (Å²) >= 11 is 0. The number of piperidine rings is 1. The van der Waals surface area contributed by atoms with Crippen molar-refractivity contribution < 1.29 is 19.2 Å². The average molecular weight is 369 g/mol. The summed E-state index contributed by atoms with van der Waals surface area (Å²) in [6, 6.07) is 10.8. The number of hydrogen-bond donors (Lipinski definition) is 1. The maximum atomic E-state index is 12.5. The lowest BCUT2D eigenvalue weighted by atomic mass is 10.1. The predicted octanol–water partition coefficient (Wildman–Crippen LogP) is 3.37. The van der Waals surface area contributed by atoms with E-state index in [0.29, 0.717) is 24.4 Å². The molecule has 0 atom stereocenters. The van der Waals surface area contributed by atoms with Crippen LogP contribution in [0, 0.1) is 10.1 Å². The fraction of sp³-hybridized carbons (Fsp3) is 0.263. The highest BCUT2D eigenvalue weighted by Crippen LogP contribution is 2.26. The normalized spacial score (nSPS) is 14.0. The molecule has 0 aliphatic carbocycles. The van der Waals surface area contributed by atoms with E-state index in [1.165, 1.54) is 25.3 Å². The van der Waals surface area contributed by atoms with Crippen LogP contribution in [-0.2, 0) is 4.79 Å². The van der Waals surface area contributed by atoms with Gasteiger partial charge in [0.25, 0.3) is 11.6 Å². The van der Waals surface area contributed by atoms with Gasteiger partial charge in [-0.1, -0.05) is 0 Å². The molecule has 2 amide bonds. The standard InChI is InChI=1S/C19H19N3O5/c1-27-15-9-10-17(22(25)26)16(12-15)19(24)20-13-5-7-14(8-6-13)21-11-3-2-4-18(21)23/h5-10,12H,2-4,11H2,1H3,(H,20,24). The van der Waals surface area contributed by atoms with Crippen molar-refractivity contribution in [1.82, 2.24) is 0 Å². The smallest absolute Gasteiger partial charge is 0.282 e. The maximum Gasteiger partial charge on any atom is 0.282 e. The van der Waals surface area contributed by atoms with Gasteiger partial charge in [-0.15, -0.1) is 0 Å². The minimum absolute atomic E-state index is 0.0880. The largest absolute Gasteiger partial charge is 0.497 e. The number of nitro groups is 1. The monoisotopic (exact) mass is 369 g/mol. The van der Waals surface area contributed by atoms with Crippen molar-refractivity contribution in [3.63, 3.8) is 0 Å². The van der Waals surface area contributed by atoms with Gasteiger partial charge < -0.3 is 15.0 Å². The van der Waals surface area contributed by atoms with Gasteiger partial charge in [0, 0.05) is 30.4 Å². The summed E-state index contributed by atoms with van der Waals surface area (Å²) in [7, 11) is 1.42. The Morgan fingerprint density at radius 1 is 1.19 bits per heavy atom. The van der Waals surface area contributed by atoms with E-state index in [1.54, 1.807) is 29.2 Å². The van der Waals surface area contributed by atoms with Crippen LogP contribution in [0.15, 0.2) is 42.5 Å². The molecule has 0 unspecified atom stereocenters. The maximum absolute atomic E-state index is 12.5. The Kier molecular flexibility index (Phi) is 5.35. The molecule has 1 aliphatic heterocycles. The summed E-state index contributed by atoms with van der Waals surface area (Å²) in [5, 5.41) is 13.8. The van der Waals surface area contributed by atoms with Crippen LogP contribution < -0.4 is 15.0 Å². The summed E-state index contributed by atoms with van der Waals surface area (Å²) in [6.45, 7) is 0.681. The van der Waals surface area contributed by atoms with E-state index in [0.717, 1.165) is 18.5 Å². The van der Waals surface area contributed by atoms with Crippen molar-refractivity contribution in [3.8, 4) is 5.75 Å². The zero-order chi connectivity index (χ0) is 19.4. The van der Waals surface area contributed by atoms with Gasteiger partial charge in [0.1, 0.15) is 11.3 Å². The van der Waals surface area contributed by atoms with Crippen molar-refractivity contribution in [2.45, 2.75) is 19.3 Å². The number of hydrogen-bond acceptors (Lipinski definition) is 5. The second-order valence-electron chi connectivity index (χ2n) is 6.14. The van der Waals surface area contributed by atoms with Crippen LogP contribution in [0.4, 0.5) is 17.1 Å². The van der Waals surface area contributed by atoms with Crippen LogP contribution >= 0.6 is 0 Å². The molecular weight excluding hydrogens is 350 g/mol. The van der Waals surface area contributed by atoms with E-state index in [-0.39, 0.29) is 17.2 Å². The van der Waals surface area contributed by atoms with Crippen molar-refractivity contribution in [2.75, 3.05) is 23.9 Å². The molecule has 0 bridgehead atoms. The molecule has 140 valence electrons. The SMILES string of the molecule is COc1ccc([N+](=O)[O-])c(C(=O)Nc2ccc(N3CCCCC3=O)cc2)c1. The lowest BCUT2D eigenvalue weighted by Gasteiger charge is -2.26. The lowest BCUT2D eigenvalue weighted by Crippen LogP contribution is -2.35. The third-order valence-electron chi connectivity index (χ3n) is 4.41. The van der Waals surface area contributed by atoms with Gasteiger partial charge in [-0.05, 0) is 49.2 Å². The van der Waals surface area contributed by atoms with Gasteiger partial charge >= 0.3 is 0 Å². The van der Waals surface area contributed by atoms with E-state index >= 15 is 0 Å². The molecule has 1 aliphatic rings. The molecule has 0 aromatic heterocycles. The van der Waals surface area contributed by atoms with Crippen molar-refractivity contribution in [2.24, 2.45) is 0 Å². The molecule has 0 spiro atoms. The Labute approximate surface area is 155 Å². The minimum atomic E-state index is -0.612. The number of nitro benzene ring substituents is 1. The van der Waals surface area contributed by atoms with E-state index in [1.807, 2.05) is 0 Å². The zero-order valence-corrected chi connectivity index (χ0v) is 14.8. The molecule has 8 heteroatoms. The second-order valence-corrected chi connectivity index (χ2v) is 6.14. The molecule has 2 aromatic rings. The van der Waals surface area contributed by atoms with E-state index in [4.69, 9.17) is 4.74 Å². The number of carbonyl (C=O) groups is 2. The first-order valence-electron chi connectivity index (χ1n) is 8.54. The second kappa shape index (κ2) is 7.86. The van der Waals surface area contributed by atoms with Crippen LogP contribution in [0.3, 0.4) is 0 Å². The van der Waals surface area contributed by atoms with Crippen LogP contribution in [0.25, 0.3) is 0 Å². The molecular formula is C19H19N3O5. The van der Waals surface area contributed by atoms with E-state index in [2.05, 4.69) is 5.32 Å². The van der Waals surface area contributed by atoms with Crippen LogP contribution in [0.1, 0.15) is 29.6 Å². The Balaban J connectivity index is 1.78. The third kappa shape index (κ3) is 4.05. The first kappa shape index (κ1) is 18.4. The minimum Gasteiger partial charge on any atom is -0.497 e. The highest BCUT2D eigenvalue weighted by Gasteiger charge is 2.22. The topological polar surface area (TPSA) is 102 Å². The molecule has 8 nitrogen and oxygen atoms in total.